The number of nitrogens with zero attached hydrogens (tertiary/aromatic N) is 6. The van der Waals surface area contributed by atoms with Crippen molar-refractivity contribution in [3.05, 3.63) is 418 Å². The Hall–Kier alpha value is -14.8. The van der Waals surface area contributed by atoms with Gasteiger partial charge in [0.05, 0.1) is 68.4 Å². The summed E-state index contributed by atoms with van der Waals surface area (Å²) in [5, 5.41) is 81.1. The summed E-state index contributed by atoms with van der Waals surface area (Å²) in [4.78, 5) is 45.2. The van der Waals surface area contributed by atoms with Crippen LogP contribution >= 0.6 is 0 Å². The molecule has 0 radical (unpaired) electrons. The Morgan fingerprint density at radius 3 is 0.349 bits per heavy atom. The second-order valence-electron chi connectivity index (χ2n) is 24.7. The zero-order valence-corrected chi connectivity index (χ0v) is 56.5. The first-order valence-electron chi connectivity index (χ1n) is 33.7. The molecule has 8 N–H and O–H groups in total. The highest BCUT2D eigenvalue weighted by molar-refractivity contribution is 6.19. The van der Waals surface area contributed by atoms with Gasteiger partial charge in [-0.05, 0) is 291 Å². The van der Waals surface area contributed by atoms with E-state index in [1.54, 1.807) is 243 Å². The molecule has 0 aliphatic heterocycles. The van der Waals surface area contributed by atoms with Crippen molar-refractivity contribution in [2.45, 2.75) is 0 Å². The minimum absolute atomic E-state index is 0.116. The summed E-state index contributed by atoms with van der Waals surface area (Å²) < 4.78 is 0. The minimum Gasteiger partial charge on any atom is -0.508 e. The number of benzene rings is 14. The number of aliphatic imine (C=N–C) groups is 6. The molecule has 0 heterocycles. The minimum atomic E-state index is -0.220. The van der Waals surface area contributed by atoms with Crippen molar-refractivity contribution < 1.29 is 45.6 Å². The van der Waals surface area contributed by atoms with Crippen LogP contribution in [0.3, 0.4) is 0 Å². The van der Waals surface area contributed by atoms with Gasteiger partial charge in [-0.2, -0.15) is 0 Å². The highest BCUT2D eigenvalue weighted by atomic mass is 16.3. The second kappa shape index (κ2) is 31.0. The van der Waals surface area contributed by atoms with E-state index in [4.69, 9.17) is 30.0 Å². The molecule has 0 amide bonds. The molecule has 0 atom stereocenters. The largest absolute Gasteiger partial charge is 0.508 e. The first kappa shape index (κ1) is 68.3. The lowest BCUT2D eigenvalue weighted by Gasteiger charge is -2.12. The van der Waals surface area contributed by atoms with E-state index in [1.165, 1.54) is 0 Å². The molecule has 14 aromatic carbocycles. The molecular weight excluding hydrogens is 1320 g/mol. The molecule has 15 heteroatoms. The lowest BCUT2D eigenvalue weighted by Crippen LogP contribution is -2.05. The van der Waals surface area contributed by atoms with Crippen LogP contribution in [-0.4, -0.2) is 80.9 Å². The van der Waals surface area contributed by atoms with Crippen molar-refractivity contribution in [1.29, 1.82) is 0 Å². The molecule has 0 aliphatic carbocycles. The molecule has 14 aromatic rings. The van der Waals surface area contributed by atoms with Gasteiger partial charge in [0.25, 0.3) is 0 Å². The van der Waals surface area contributed by atoms with E-state index in [1.807, 2.05) is 97.1 Å². The van der Waals surface area contributed by atoms with Crippen molar-refractivity contribution in [1.82, 2.24) is 0 Å². The van der Waals surface area contributed by atoms with Gasteiger partial charge in [0.1, 0.15) is 46.0 Å². The lowest BCUT2D eigenvalue weighted by atomic mass is 9.99. The number of hydrogen-bond acceptors (Lipinski definition) is 15. The van der Waals surface area contributed by atoms with Gasteiger partial charge in [-0.3, -0.25) is 4.79 Å². The molecule has 0 unspecified atom stereocenters. The van der Waals surface area contributed by atoms with E-state index in [-0.39, 0.29) is 51.8 Å². The van der Waals surface area contributed by atoms with Crippen molar-refractivity contribution in [2.24, 2.45) is 30.0 Å². The average molecular weight is 1390 g/mol. The van der Waals surface area contributed by atoms with Gasteiger partial charge >= 0.3 is 0 Å². The zero-order chi connectivity index (χ0) is 73.0. The number of aromatic hydroxyl groups is 8. The summed E-state index contributed by atoms with van der Waals surface area (Å²) >= 11 is 0. The summed E-state index contributed by atoms with van der Waals surface area (Å²) in [6, 6.07) is 98.9. The Morgan fingerprint density at radius 1 is 0.142 bits per heavy atom. The van der Waals surface area contributed by atoms with Crippen LogP contribution in [0.2, 0.25) is 0 Å². The summed E-state index contributed by atoms with van der Waals surface area (Å²) in [6.07, 6.45) is 0. The van der Waals surface area contributed by atoms with Crippen LogP contribution in [0.1, 0.15) is 82.7 Å². The van der Waals surface area contributed by atoms with Crippen LogP contribution in [0.5, 0.6) is 46.0 Å². The van der Waals surface area contributed by atoms with E-state index in [0.29, 0.717) is 79.5 Å². The van der Waals surface area contributed by atoms with Crippen LogP contribution in [0.4, 0.5) is 34.1 Å². The van der Waals surface area contributed by atoms with Gasteiger partial charge in [-0.1, -0.05) is 48.5 Å². The zero-order valence-electron chi connectivity index (χ0n) is 56.5. The first-order chi connectivity index (χ1) is 51.6. The quantitative estimate of drug-likeness (QED) is 0.0266. The van der Waals surface area contributed by atoms with Crippen LogP contribution in [0, 0.1) is 0 Å². The van der Waals surface area contributed by atoms with Gasteiger partial charge < -0.3 is 40.9 Å². The SMILES string of the molecule is O=C(c1ccc(N=C(c2ccc(N=C(c3ccc(O)cc3)c3ccc(O)cc3)cc2)c2ccc(N=C(c3ccc(O)cc3)c3ccc(O)cc3)cc2)cc1)c1ccc(N=C(c2ccc(N=C(c3ccc(O)cc3)c3ccc(O)cc3)cc2)c2ccc(N=C(c3ccc(O)cc3)c3ccc(O)cc3)cc2)cc1. The number of carbonyl (C=O) groups excluding carboxylic acids is 1. The molecule has 14 rings (SSSR count). The molecular formula is C91H64N6O9. The molecule has 106 heavy (non-hydrogen) atoms. The molecule has 0 aliphatic rings. The number of rotatable bonds is 20. The summed E-state index contributed by atoms with van der Waals surface area (Å²) in [5.74, 6) is 0.706. The molecule has 0 saturated carbocycles. The van der Waals surface area contributed by atoms with Crippen molar-refractivity contribution in [3.8, 4) is 46.0 Å². The number of ketones is 1. The predicted molar refractivity (Wildman–Crippen MR) is 419 cm³/mol. The van der Waals surface area contributed by atoms with Crippen molar-refractivity contribution in [3.63, 3.8) is 0 Å². The Balaban J connectivity index is 0.783. The third-order valence-electron chi connectivity index (χ3n) is 17.4. The topological polar surface area (TPSA) is 253 Å². The summed E-state index contributed by atoms with van der Waals surface area (Å²) in [7, 11) is 0. The number of carbonyl (C=O) groups is 1. The van der Waals surface area contributed by atoms with Gasteiger partial charge in [0.2, 0.25) is 0 Å². The number of phenolic OH excluding ortho intramolecular Hbond substituents is 8. The molecule has 512 valence electrons. The molecule has 0 spiro atoms. The maximum absolute atomic E-state index is 14.5. The van der Waals surface area contributed by atoms with Crippen LogP contribution in [0.25, 0.3) is 0 Å². The third kappa shape index (κ3) is 16.5. The molecule has 0 aromatic heterocycles. The normalized spacial score (nSPS) is 10.8. The monoisotopic (exact) mass is 1380 g/mol. The van der Waals surface area contributed by atoms with Gasteiger partial charge in [0.15, 0.2) is 5.78 Å². The average Bonchev–Trinajstić information content (AvgIpc) is 0.815. The Morgan fingerprint density at radius 2 is 0.236 bits per heavy atom. The Labute approximate surface area is 610 Å². The lowest BCUT2D eigenvalue weighted by molar-refractivity contribution is 0.103. The highest BCUT2D eigenvalue weighted by Gasteiger charge is 2.18. The van der Waals surface area contributed by atoms with Crippen LogP contribution in [-0.2, 0) is 0 Å². The fourth-order valence-electron chi connectivity index (χ4n) is 11.8. The Bertz CT molecular complexity index is 4810. The number of hydrogen-bond donors (Lipinski definition) is 8. The van der Waals surface area contributed by atoms with Gasteiger partial charge in [0, 0.05) is 77.9 Å². The second-order valence-corrected chi connectivity index (χ2v) is 24.7. The third-order valence-corrected chi connectivity index (χ3v) is 17.4. The van der Waals surface area contributed by atoms with Crippen LogP contribution in [0.15, 0.2) is 370 Å². The fourth-order valence-corrected chi connectivity index (χ4v) is 11.8. The van der Waals surface area contributed by atoms with E-state index in [0.717, 1.165) is 66.8 Å². The molecule has 15 nitrogen and oxygen atoms in total. The molecule has 0 bridgehead atoms. The van der Waals surface area contributed by atoms with Gasteiger partial charge in [-0.25, -0.2) is 30.0 Å². The van der Waals surface area contributed by atoms with Crippen molar-refractivity contribution in [2.75, 3.05) is 0 Å². The van der Waals surface area contributed by atoms with Crippen molar-refractivity contribution >= 4 is 74.2 Å². The first-order valence-corrected chi connectivity index (χ1v) is 33.7. The Kier molecular flexibility index (Phi) is 20.0. The number of phenols is 8. The molecule has 0 fully saturated rings. The smallest absolute Gasteiger partial charge is 0.193 e. The maximum atomic E-state index is 14.5. The molecule has 0 saturated heterocycles. The standard InChI is InChI=1S/C91H64N6O9/c98-77-41-13-61(14-42-77)87(62-15-43-78(99)44-16-62)92-71-29-1-57(2-30-71)85(58-3-31-72(32-4-58)93-88(63-17-45-79(100)46-18-63)64-19-47-80(101)48-20-64)96-75-37-9-69(10-38-75)91(106)70-11-39-76(40-12-70)97-86(59-5-33-73(34-6-59)94-89(65-21-49-81(102)50-22-65)66-23-51-82(103)52-24-66)60-7-35-74(36-8-60)95-90(67-25-53-83(104)54-26-67)68-27-55-84(105)56-28-68/h1-56,98-105H. The fraction of sp³-hybridized carbons (Fsp3) is 0. The maximum Gasteiger partial charge on any atom is 0.193 e. The summed E-state index contributed by atoms with van der Waals surface area (Å²) in [6.45, 7) is 0. The van der Waals surface area contributed by atoms with Gasteiger partial charge in [-0.15, -0.1) is 0 Å². The van der Waals surface area contributed by atoms with E-state index >= 15 is 0 Å². The van der Waals surface area contributed by atoms with Crippen LogP contribution < -0.4 is 0 Å². The predicted octanol–water partition coefficient (Wildman–Crippen LogP) is 19.6. The van der Waals surface area contributed by atoms with E-state index < -0.39 is 0 Å². The highest BCUT2D eigenvalue weighted by Crippen LogP contribution is 2.32. The van der Waals surface area contributed by atoms with E-state index in [2.05, 4.69) is 0 Å². The van der Waals surface area contributed by atoms with E-state index in [9.17, 15) is 45.6 Å². The summed E-state index contributed by atoms with van der Waals surface area (Å²) in [5.41, 5.74) is 17.3.